The highest BCUT2D eigenvalue weighted by atomic mass is 35.5. The van der Waals surface area contributed by atoms with E-state index in [0.717, 1.165) is 31.6 Å². The molecule has 30 heavy (non-hydrogen) atoms. The summed E-state index contributed by atoms with van der Waals surface area (Å²) in [4.78, 5) is 13.9. The fraction of sp³-hybridized carbons (Fsp3) is 0.720. The van der Waals surface area contributed by atoms with E-state index in [4.69, 9.17) is 9.47 Å². The van der Waals surface area contributed by atoms with Crippen molar-refractivity contribution in [3.8, 4) is 5.75 Å². The monoisotopic (exact) mass is 441 g/mol. The molecule has 0 aromatic heterocycles. The molecule has 1 atom stereocenters. The molecular formula is C25H44ClNO3. The Morgan fingerprint density at radius 1 is 0.933 bits per heavy atom. The summed E-state index contributed by atoms with van der Waals surface area (Å²) in [6.07, 6.45) is 11.5. The summed E-state index contributed by atoms with van der Waals surface area (Å²) >= 11 is 0. The van der Waals surface area contributed by atoms with Crippen LogP contribution in [0.2, 0.25) is 0 Å². The summed E-state index contributed by atoms with van der Waals surface area (Å²) < 4.78 is 10.2. The minimum Gasteiger partial charge on any atom is -0.497 e. The van der Waals surface area contributed by atoms with Crippen molar-refractivity contribution in [3.63, 3.8) is 0 Å². The number of unbranched alkanes of at least 4 members (excludes halogenated alkanes) is 7. The van der Waals surface area contributed by atoms with Gasteiger partial charge < -0.3 is 14.4 Å². The van der Waals surface area contributed by atoms with Crippen LogP contribution in [0.3, 0.4) is 0 Å². The predicted molar refractivity (Wildman–Crippen MR) is 129 cm³/mol. The summed E-state index contributed by atoms with van der Waals surface area (Å²) in [5, 5.41) is 0. The van der Waals surface area contributed by atoms with Crippen molar-refractivity contribution in [3.05, 3.63) is 29.8 Å². The first-order valence-electron chi connectivity index (χ1n) is 11.6. The maximum atomic E-state index is 11.3. The Bertz CT molecular complexity index is 536. The van der Waals surface area contributed by atoms with Crippen molar-refractivity contribution in [2.45, 2.75) is 91.0 Å². The molecule has 0 amide bonds. The highest BCUT2D eigenvalue weighted by Crippen LogP contribution is 2.16. The summed E-state index contributed by atoms with van der Waals surface area (Å²) in [5.74, 6) is 0.877. The lowest BCUT2D eigenvalue weighted by Gasteiger charge is -2.28. The fourth-order valence-electron chi connectivity index (χ4n) is 3.80. The minimum absolute atomic E-state index is 0. The van der Waals surface area contributed by atoms with Crippen molar-refractivity contribution in [2.24, 2.45) is 0 Å². The van der Waals surface area contributed by atoms with Crippen LogP contribution >= 0.6 is 12.4 Å². The SMILES string of the molecule is CCOC(=O)CCCCCCCCCCN(CC)C(C)Cc1ccc(OC)cc1.Cl. The van der Waals surface area contributed by atoms with Crippen LogP contribution in [0.5, 0.6) is 5.75 Å². The van der Waals surface area contributed by atoms with Crippen molar-refractivity contribution in [2.75, 3.05) is 26.8 Å². The topological polar surface area (TPSA) is 38.8 Å². The lowest BCUT2D eigenvalue weighted by atomic mass is 10.0. The molecule has 0 saturated carbocycles. The number of hydrogen-bond donors (Lipinski definition) is 0. The molecule has 1 rings (SSSR count). The third-order valence-corrected chi connectivity index (χ3v) is 5.60. The highest BCUT2D eigenvalue weighted by molar-refractivity contribution is 5.85. The molecule has 1 aromatic carbocycles. The van der Waals surface area contributed by atoms with Crippen LogP contribution in [0.15, 0.2) is 24.3 Å². The Balaban J connectivity index is 0.00000841. The van der Waals surface area contributed by atoms with E-state index in [1.54, 1.807) is 7.11 Å². The van der Waals surface area contributed by atoms with E-state index in [9.17, 15) is 4.79 Å². The number of benzene rings is 1. The molecule has 0 heterocycles. The number of esters is 1. The van der Waals surface area contributed by atoms with Crippen LogP contribution in [0.25, 0.3) is 0 Å². The Morgan fingerprint density at radius 2 is 1.50 bits per heavy atom. The van der Waals surface area contributed by atoms with Crippen molar-refractivity contribution >= 4 is 18.4 Å². The third kappa shape index (κ3) is 13.1. The molecule has 1 unspecified atom stereocenters. The summed E-state index contributed by atoms with van der Waals surface area (Å²) in [5.41, 5.74) is 1.37. The maximum absolute atomic E-state index is 11.3. The minimum atomic E-state index is -0.0470. The molecule has 174 valence electrons. The lowest BCUT2D eigenvalue weighted by Crippen LogP contribution is -2.35. The van der Waals surface area contributed by atoms with Gasteiger partial charge in [0.25, 0.3) is 0 Å². The number of likely N-dealkylation sites (N-methyl/N-ethyl adjacent to an activating group) is 1. The second-order valence-electron chi connectivity index (χ2n) is 7.91. The van der Waals surface area contributed by atoms with Crippen LogP contribution in [0.4, 0.5) is 0 Å². The van der Waals surface area contributed by atoms with Gasteiger partial charge in [-0.15, -0.1) is 12.4 Å². The second-order valence-corrected chi connectivity index (χ2v) is 7.91. The van der Waals surface area contributed by atoms with Gasteiger partial charge in [-0.1, -0.05) is 57.6 Å². The number of rotatable bonds is 17. The molecule has 0 aliphatic rings. The Kier molecular flexibility index (Phi) is 17.7. The summed E-state index contributed by atoms with van der Waals surface area (Å²) in [7, 11) is 1.71. The first-order valence-corrected chi connectivity index (χ1v) is 11.6. The quantitative estimate of drug-likeness (QED) is 0.206. The molecule has 0 aliphatic carbocycles. The number of carbonyl (C=O) groups excluding carboxylic acids is 1. The molecule has 0 saturated heterocycles. The van der Waals surface area contributed by atoms with Crippen molar-refractivity contribution in [1.29, 1.82) is 0 Å². The third-order valence-electron chi connectivity index (χ3n) is 5.60. The standard InChI is InChI=1S/C25H43NO3.ClH/c1-5-26(22(3)21-23-16-18-24(28-4)19-17-23)20-14-12-10-8-7-9-11-13-15-25(27)29-6-2;/h16-19,22H,5-15,20-21H2,1-4H3;1H. The number of methoxy groups -OCH3 is 1. The Hall–Kier alpha value is -1.26. The van der Waals surface area contributed by atoms with E-state index in [-0.39, 0.29) is 18.4 Å². The van der Waals surface area contributed by atoms with E-state index in [1.807, 2.05) is 6.92 Å². The van der Waals surface area contributed by atoms with Crippen molar-refractivity contribution in [1.82, 2.24) is 4.90 Å². The number of nitrogens with zero attached hydrogens (tertiary/aromatic N) is 1. The van der Waals surface area contributed by atoms with E-state index in [0.29, 0.717) is 19.1 Å². The maximum Gasteiger partial charge on any atom is 0.305 e. The van der Waals surface area contributed by atoms with Gasteiger partial charge in [0.1, 0.15) is 5.75 Å². The molecule has 0 radical (unpaired) electrons. The Morgan fingerprint density at radius 3 is 2.03 bits per heavy atom. The molecule has 0 spiro atoms. The normalized spacial score (nSPS) is 11.8. The van der Waals surface area contributed by atoms with Gasteiger partial charge in [-0.3, -0.25) is 4.79 Å². The molecular weight excluding hydrogens is 398 g/mol. The van der Waals surface area contributed by atoms with Gasteiger partial charge in [0.05, 0.1) is 13.7 Å². The smallest absolute Gasteiger partial charge is 0.305 e. The van der Waals surface area contributed by atoms with Crippen LogP contribution in [0.1, 0.15) is 84.1 Å². The molecule has 5 heteroatoms. The van der Waals surface area contributed by atoms with Gasteiger partial charge in [-0.2, -0.15) is 0 Å². The molecule has 0 N–H and O–H groups in total. The fourth-order valence-corrected chi connectivity index (χ4v) is 3.80. The van der Waals surface area contributed by atoms with Gasteiger partial charge >= 0.3 is 5.97 Å². The van der Waals surface area contributed by atoms with Crippen LogP contribution in [-0.4, -0.2) is 43.7 Å². The van der Waals surface area contributed by atoms with E-state index in [1.165, 1.54) is 50.6 Å². The van der Waals surface area contributed by atoms with Crippen LogP contribution in [-0.2, 0) is 16.0 Å². The Labute approximate surface area is 191 Å². The van der Waals surface area contributed by atoms with Gasteiger partial charge in [-0.25, -0.2) is 0 Å². The van der Waals surface area contributed by atoms with Crippen molar-refractivity contribution < 1.29 is 14.3 Å². The van der Waals surface area contributed by atoms with Gasteiger partial charge in [0.2, 0.25) is 0 Å². The summed E-state index contributed by atoms with van der Waals surface area (Å²) in [6, 6.07) is 9.02. The van der Waals surface area contributed by atoms with Gasteiger partial charge in [-0.05, 0) is 63.9 Å². The van der Waals surface area contributed by atoms with Crippen LogP contribution in [0, 0.1) is 0 Å². The average molecular weight is 442 g/mol. The van der Waals surface area contributed by atoms with E-state index < -0.39 is 0 Å². The van der Waals surface area contributed by atoms with Gasteiger partial charge in [0.15, 0.2) is 0 Å². The lowest BCUT2D eigenvalue weighted by molar-refractivity contribution is -0.143. The predicted octanol–water partition coefficient (Wildman–Crippen LogP) is 6.44. The number of ether oxygens (including phenoxy) is 2. The zero-order chi connectivity index (χ0) is 21.3. The zero-order valence-corrected chi connectivity index (χ0v) is 20.5. The largest absolute Gasteiger partial charge is 0.497 e. The average Bonchev–Trinajstić information content (AvgIpc) is 2.72. The summed E-state index contributed by atoms with van der Waals surface area (Å²) in [6.45, 7) is 9.25. The van der Waals surface area contributed by atoms with Crippen LogP contribution < -0.4 is 4.74 Å². The number of carbonyl (C=O) groups is 1. The molecule has 0 fully saturated rings. The molecule has 1 aromatic rings. The molecule has 0 bridgehead atoms. The number of hydrogen-bond acceptors (Lipinski definition) is 4. The van der Waals surface area contributed by atoms with E-state index >= 15 is 0 Å². The van der Waals surface area contributed by atoms with Gasteiger partial charge in [0, 0.05) is 12.5 Å². The second kappa shape index (κ2) is 18.5. The first kappa shape index (κ1) is 28.7. The highest BCUT2D eigenvalue weighted by Gasteiger charge is 2.12. The molecule has 0 aliphatic heterocycles. The molecule has 4 nitrogen and oxygen atoms in total. The first-order chi connectivity index (χ1) is 14.1. The van der Waals surface area contributed by atoms with E-state index in [2.05, 4.69) is 43.0 Å². The zero-order valence-electron chi connectivity index (χ0n) is 19.7. The number of halogens is 1.